The van der Waals surface area contributed by atoms with E-state index < -0.39 is 0 Å². The van der Waals surface area contributed by atoms with Gasteiger partial charge in [-0.1, -0.05) is 6.08 Å². The highest BCUT2D eigenvalue weighted by Gasteiger charge is 2.07. The van der Waals surface area contributed by atoms with Gasteiger partial charge in [0, 0.05) is 13.7 Å². The average molecular weight is 332 g/mol. The lowest BCUT2D eigenvalue weighted by molar-refractivity contribution is 0.0759. The van der Waals surface area contributed by atoms with Gasteiger partial charge in [0.25, 0.3) is 5.56 Å². The Morgan fingerprint density at radius 1 is 1.53 bits per heavy atom. The number of halogens is 1. The third-order valence-electron chi connectivity index (χ3n) is 2.28. The molecule has 0 aliphatic heterocycles. The first-order valence-electron chi connectivity index (χ1n) is 5.87. The molecule has 1 aromatic heterocycles. The van der Waals surface area contributed by atoms with Crippen molar-refractivity contribution in [3.8, 4) is 0 Å². The summed E-state index contributed by atoms with van der Waals surface area (Å²) in [6, 6.07) is 0. The molecule has 19 heavy (non-hydrogen) atoms. The van der Waals surface area contributed by atoms with Crippen LogP contribution in [0.1, 0.15) is 0 Å². The minimum absolute atomic E-state index is 0.190. The van der Waals surface area contributed by atoms with Crippen molar-refractivity contribution < 1.29 is 9.47 Å². The van der Waals surface area contributed by atoms with Gasteiger partial charge in [-0.3, -0.25) is 4.79 Å². The van der Waals surface area contributed by atoms with Gasteiger partial charge in [-0.25, -0.2) is 4.68 Å². The molecule has 0 radical (unpaired) electrons. The lowest BCUT2D eigenvalue weighted by atomic mass is 10.4. The van der Waals surface area contributed by atoms with Gasteiger partial charge in [-0.2, -0.15) is 5.10 Å². The zero-order chi connectivity index (χ0) is 14.1. The fourth-order valence-corrected chi connectivity index (χ4v) is 1.79. The first-order valence-corrected chi connectivity index (χ1v) is 6.67. The van der Waals surface area contributed by atoms with E-state index in [-0.39, 0.29) is 5.56 Å². The van der Waals surface area contributed by atoms with Crippen LogP contribution in [0.4, 0.5) is 5.69 Å². The van der Waals surface area contributed by atoms with Crippen LogP contribution in [0.3, 0.4) is 0 Å². The fraction of sp³-hybridized carbons (Fsp3) is 0.500. The van der Waals surface area contributed by atoms with E-state index in [1.165, 1.54) is 4.68 Å². The standard InChI is InChI=1S/C12H18BrN3O3/c1-3-5-16-12(17)11(13)10(9-15-16)14-4-6-19-8-7-18-2/h3,9,14H,1,4-8H2,2H3. The Morgan fingerprint density at radius 3 is 3.00 bits per heavy atom. The Balaban J connectivity index is 2.48. The first-order chi connectivity index (χ1) is 9.20. The van der Waals surface area contributed by atoms with E-state index >= 15 is 0 Å². The lowest BCUT2D eigenvalue weighted by Gasteiger charge is -2.09. The van der Waals surface area contributed by atoms with Gasteiger partial charge in [0.15, 0.2) is 0 Å². The molecular formula is C12H18BrN3O3. The second-order valence-corrected chi connectivity index (χ2v) is 4.47. The van der Waals surface area contributed by atoms with Crippen molar-refractivity contribution in [1.29, 1.82) is 0 Å². The van der Waals surface area contributed by atoms with Crippen LogP contribution in [0.2, 0.25) is 0 Å². The molecule has 0 aromatic carbocycles. The number of nitrogens with zero attached hydrogens (tertiary/aromatic N) is 2. The first kappa shape index (κ1) is 15.9. The molecule has 0 saturated carbocycles. The highest BCUT2D eigenvalue weighted by atomic mass is 79.9. The Labute approximate surface area is 120 Å². The van der Waals surface area contributed by atoms with E-state index in [1.807, 2.05) is 0 Å². The van der Waals surface area contributed by atoms with Gasteiger partial charge >= 0.3 is 0 Å². The molecule has 6 nitrogen and oxygen atoms in total. The largest absolute Gasteiger partial charge is 0.382 e. The smallest absolute Gasteiger partial charge is 0.283 e. The Hall–Kier alpha value is -1.18. The van der Waals surface area contributed by atoms with Crippen LogP contribution in [0, 0.1) is 0 Å². The number of methoxy groups -OCH3 is 1. The van der Waals surface area contributed by atoms with E-state index in [9.17, 15) is 4.79 Å². The van der Waals surface area contributed by atoms with Crippen LogP contribution in [0.5, 0.6) is 0 Å². The van der Waals surface area contributed by atoms with Crippen LogP contribution in [-0.2, 0) is 16.0 Å². The van der Waals surface area contributed by atoms with Gasteiger partial charge in [-0.15, -0.1) is 6.58 Å². The van der Waals surface area contributed by atoms with E-state index in [0.717, 1.165) is 0 Å². The number of rotatable bonds is 9. The molecule has 0 atom stereocenters. The van der Waals surface area contributed by atoms with E-state index in [4.69, 9.17) is 9.47 Å². The number of anilines is 1. The maximum Gasteiger partial charge on any atom is 0.283 e. The zero-order valence-electron chi connectivity index (χ0n) is 10.9. The minimum atomic E-state index is -0.190. The molecule has 0 saturated heterocycles. The second kappa shape index (κ2) is 8.84. The maximum atomic E-state index is 11.9. The van der Waals surface area contributed by atoms with Crippen molar-refractivity contribution in [1.82, 2.24) is 9.78 Å². The number of hydrogen-bond donors (Lipinski definition) is 1. The Bertz CT molecular complexity index is 462. The van der Waals surface area contributed by atoms with Gasteiger partial charge in [0.05, 0.1) is 38.2 Å². The van der Waals surface area contributed by atoms with Crippen molar-refractivity contribution in [3.63, 3.8) is 0 Å². The molecule has 0 fully saturated rings. The summed E-state index contributed by atoms with van der Waals surface area (Å²) in [5.41, 5.74) is 0.464. The molecule has 106 valence electrons. The normalized spacial score (nSPS) is 10.4. The van der Waals surface area contributed by atoms with E-state index in [2.05, 4.69) is 32.9 Å². The summed E-state index contributed by atoms with van der Waals surface area (Å²) in [6.45, 7) is 6.22. The van der Waals surface area contributed by atoms with Crippen molar-refractivity contribution in [2.75, 3.05) is 38.8 Å². The summed E-state index contributed by atoms with van der Waals surface area (Å²) in [4.78, 5) is 11.9. The molecule has 0 aliphatic rings. The number of allylic oxidation sites excluding steroid dienone is 1. The highest BCUT2D eigenvalue weighted by Crippen LogP contribution is 2.15. The Morgan fingerprint density at radius 2 is 2.32 bits per heavy atom. The van der Waals surface area contributed by atoms with E-state index in [0.29, 0.717) is 43.1 Å². The van der Waals surface area contributed by atoms with Gasteiger partial charge < -0.3 is 14.8 Å². The molecule has 7 heteroatoms. The highest BCUT2D eigenvalue weighted by molar-refractivity contribution is 9.10. The minimum Gasteiger partial charge on any atom is -0.382 e. The number of aromatic nitrogens is 2. The van der Waals surface area contributed by atoms with Gasteiger partial charge in [0.2, 0.25) is 0 Å². The molecule has 0 unspecified atom stereocenters. The Kier molecular flexibility index (Phi) is 7.39. The third kappa shape index (κ3) is 5.14. The molecular weight excluding hydrogens is 314 g/mol. The summed E-state index contributed by atoms with van der Waals surface area (Å²) in [5.74, 6) is 0. The van der Waals surface area contributed by atoms with Crippen LogP contribution in [-0.4, -0.2) is 43.3 Å². The summed E-state index contributed by atoms with van der Waals surface area (Å²) in [6.07, 6.45) is 3.22. The van der Waals surface area contributed by atoms with Crippen molar-refractivity contribution in [2.24, 2.45) is 0 Å². The van der Waals surface area contributed by atoms with Gasteiger partial charge in [0.1, 0.15) is 4.47 Å². The second-order valence-electron chi connectivity index (χ2n) is 3.68. The molecule has 1 heterocycles. The molecule has 1 N–H and O–H groups in total. The SMILES string of the molecule is C=CCn1ncc(NCCOCCOC)c(Br)c1=O. The van der Waals surface area contributed by atoms with Crippen molar-refractivity contribution in [2.45, 2.75) is 6.54 Å². The quantitative estimate of drug-likeness (QED) is 0.545. The van der Waals surface area contributed by atoms with Crippen molar-refractivity contribution >= 4 is 21.6 Å². The van der Waals surface area contributed by atoms with Crippen LogP contribution in [0.15, 0.2) is 28.1 Å². The van der Waals surface area contributed by atoms with Crippen LogP contribution >= 0.6 is 15.9 Å². The number of nitrogens with one attached hydrogen (secondary N) is 1. The lowest BCUT2D eigenvalue weighted by Crippen LogP contribution is -2.24. The topological polar surface area (TPSA) is 65.4 Å². The summed E-state index contributed by atoms with van der Waals surface area (Å²) in [5, 5.41) is 7.12. The molecule has 1 aromatic rings. The van der Waals surface area contributed by atoms with Crippen LogP contribution < -0.4 is 10.9 Å². The predicted molar refractivity (Wildman–Crippen MR) is 77.6 cm³/mol. The maximum absolute atomic E-state index is 11.9. The molecule has 0 aliphatic carbocycles. The van der Waals surface area contributed by atoms with E-state index in [1.54, 1.807) is 19.4 Å². The monoisotopic (exact) mass is 331 g/mol. The zero-order valence-corrected chi connectivity index (χ0v) is 12.5. The number of ether oxygens (including phenoxy) is 2. The van der Waals surface area contributed by atoms with Gasteiger partial charge in [-0.05, 0) is 15.9 Å². The average Bonchev–Trinajstić information content (AvgIpc) is 2.41. The summed E-state index contributed by atoms with van der Waals surface area (Å²) < 4.78 is 12.0. The molecule has 1 rings (SSSR count). The molecule has 0 bridgehead atoms. The molecule has 0 amide bonds. The van der Waals surface area contributed by atoms with Crippen molar-refractivity contribution in [3.05, 3.63) is 33.7 Å². The fourth-order valence-electron chi connectivity index (χ4n) is 1.34. The predicted octanol–water partition coefficient (Wildman–Crippen LogP) is 1.27. The summed E-state index contributed by atoms with van der Waals surface area (Å²) >= 11 is 3.26. The van der Waals surface area contributed by atoms with Crippen LogP contribution in [0.25, 0.3) is 0 Å². The third-order valence-corrected chi connectivity index (χ3v) is 3.05. The number of hydrogen-bond acceptors (Lipinski definition) is 5. The summed E-state index contributed by atoms with van der Waals surface area (Å²) in [7, 11) is 1.63. The molecule has 0 spiro atoms.